The zero-order chi connectivity index (χ0) is 39.7. The van der Waals surface area contributed by atoms with Gasteiger partial charge in [0.25, 0.3) is 0 Å². The van der Waals surface area contributed by atoms with E-state index < -0.39 is 5.54 Å². The number of likely N-dealkylation sites (tertiary alicyclic amines) is 2. The van der Waals surface area contributed by atoms with Crippen molar-refractivity contribution in [3.8, 4) is 28.4 Å². The first-order valence-corrected chi connectivity index (χ1v) is 20.1. The van der Waals surface area contributed by atoms with E-state index in [1.54, 1.807) is 31.5 Å². The third-order valence-electron chi connectivity index (χ3n) is 10.6. The molecule has 13 heteroatoms. The van der Waals surface area contributed by atoms with E-state index in [9.17, 15) is 15.3 Å². The van der Waals surface area contributed by atoms with Crippen LogP contribution in [-0.2, 0) is 19.8 Å². The van der Waals surface area contributed by atoms with Crippen molar-refractivity contribution in [1.82, 2.24) is 20.1 Å². The van der Waals surface area contributed by atoms with Gasteiger partial charge in [0.1, 0.15) is 36.3 Å². The van der Waals surface area contributed by atoms with Gasteiger partial charge in [-0.15, -0.1) is 0 Å². The number of nitrogens with zero attached hydrogens (tertiary/aromatic N) is 3. The van der Waals surface area contributed by atoms with Gasteiger partial charge < -0.3 is 44.6 Å². The standard InChI is InChI=1S/C43H53Cl2N5O6/c1-29-31(8-5-9-35(29)36-10-6-11-38(41(36)45)54-17-7-13-49-16-12-34(53)24-49)26-56-40-20-39(32(19-37(40)44)23-48-43(2,27-51)28-52)55-25-30-18-33(22-47-21-30)42(46)50-14-3-4-15-50/h5-6,8-11,18-22,34,46,48,51-53H,3-4,7,12-17,23-28H2,1-2H3. The number of aromatic nitrogens is 1. The third kappa shape index (κ3) is 10.5. The summed E-state index contributed by atoms with van der Waals surface area (Å²) < 4.78 is 18.9. The number of benzene rings is 3. The smallest absolute Gasteiger partial charge is 0.142 e. The van der Waals surface area contributed by atoms with Crippen molar-refractivity contribution in [3.63, 3.8) is 0 Å². The summed E-state index contributed by atoms with van der Waals surface area (Å²) in [7, 11) is 0. The van der Waals surface area contributed by atoms with Crippen molar-refractivity contribution in [2.45, 2.75) is 70.9 Å². The minimum absolute atomic E-state index is 0.187. The van der Waals surface area contributed by atoms with Crippen LogP contribution in [0.25, 0.3) is 11.1 Å². The van der Waals surface area contributed by atoms with Crippen LogP contribution in [0.15, 0.2) is 67.0 Å². The Hall–Kier alpha value is -3.94. The molecule has 2 saturated heterocycles. The summed E-state index contributed by atoms with van der Waals surface area (Å²) in [5, 5.41) is 42.4. The van der Waals surface area contributed by atoms with Gasteiger partial charge in [-0.2, -0.15) is 0 Å². The molecule has 4 aromatic rings. The molecule has 0 amide bonds. The maximum atomic E-state index is 9.89. The Kier molecular flexibility index (Phi) is 14.5. The minimum atomic E-state index is -0.914. The van der Waals surface area contributed by atoms with Crippen molar-refractivity contribution in [3.05, 3.63) is 105 Å². The number of hydrogen-bond donors (Lipinski definition) is 5. The highest BCUT2D eigenvalue weighted by atomic mass is 35.5. The van der Waals surface area contributed by atoms with Gasteiger partial charge in [0.05, 0.1) is 41.5 Å². The van der Waals surface area contributed by atoms with E-state index in [4.69, 9.17) is 42.8 Å². The number of ether oxygens (including phenoxy) is 3. The second-order valence-corrected chi connectivity index (χ2v) is 15.8. The summed E-state index contributed by atoms with van der Waals surface area (Å²) in [6.07, 6.45) is 7.03. The number of aliphatic hydroxyl groups excluding tert-OH is 3. The molecule has 300 valence electrons. The number of amidine groups is 1. The molecule has 0 aliphatic carbocycles. The predicted octanol–water partition coefficient (Wildman–Crippen LogP) is 6.61. The topological polar surface area (TPSA) is 144 Å². The second kappa shape index (κ2) is 19.5. The highest BCUT2D eigenvalue weighted by Gasteiger charge is 2.24. The Labute approximate surface area is 339 Å². The van der Waals surface area contributed by atoms with E-state index in [2.05, 4.69) is 20.1 Å². The molecule has 11 nitrogen and oxygen atoms in total. The molecule has 5 N–H and O–H groups in total. The first-order valence-electron chi connectivity index (χ1n) is 19.3. The number of β-amino-alcohol motifs (C(OH)–C–C–N with tert-alkyl or cyclic N) is 1. The average Bonchev–Trinajstić information content (AvgIpc) is 3.91. The number of pyridine rings is 1. The van der Waals surface area contributed by atoms with Crippen LogP contribution in [0.5, 0.6) is 17.2 Å². The maximum absolute atomic E-state index is 9.89. The van der Waals surface area contributed by atoms with E-state index >= 15 is 0 Å². The molecule has 56 heavy (non-hydrogen) atoms. The molecule has 2 aliphatic heterocycles. The second-order valence-electron chi connectivity index (χ2n) is 15.0. The van der Waals surface area contributed by atoms with Gasteiger partial charge in [-0.1, -0.05) is 53.5 Å². The SMILES string of the molecule is Cc1c(COc2cc(OCc3cncc(C(=N)N4CCCC4)c3)c(CNC(C)(CO)CO)cc2Cl)cccc1-c1cccc(OCCCN2CCC(O)C2)c1Cl. The molecule has 2 fully saturated rings. The summed E-state index contributed by atoms with van der Waals surface area (Å²) >= 11 is 13.8. The third-order valence-corrected chi connectivity index (χ3v) is 11.3. The molecule has 0 saturated carbocycles. The Bertz CT molecular complexity index is 1950. The van der Waals surface area contributed by atoms with Crippen molar-refractivity contribution in [2.75, 3.05) is 52.5 Å². The van der Waals surface area contributed by atoms with E-state index in [1.165, 1.54) is 0 Å². The molecule has 2 aliphatic rings. The van der Waals surface area contributed by atoms with Gasteiger partial charge in [-0.3, -0.25) is 10.4 Å². The zero-order valence-electron chi connectivity index (χ0n) is 32.2. The fraction of sp³-hybridized carbons (Fsp3) is 0.442. The Balaban J connectivity index is 1.16. The quantitative estimate of drug-likeness (QED) is 0.0424. The van der Waals surface area contributed by atoms with Gasteiger partial charge >= 0.3 is 0 Å². The molecule has 3 heterocycles. The molecule has 0 spiro atoms. The predicted molar refractivity (Wildman–Crippen MR) is 220 cm³/mol. The van der Waals surface area contributed by atoms with E-state index in [0.717, 1.165) is 91.8 Å². The molecule has 1 aromatic heterocycles. The lowest BCUT2D eigenvalue weighted by Gasteiger charge is -2.27. The lowest BCUT2D eigenvalue weighted by molar-refractivity contribution is 0.103. The van der Waals surface area contributed by atoms with Crippen molar-refractivity contribution < 1.29 is 29.5 Å². The first-order chi connectivity index (χ1) is 27.1. The van der Waals surface area contributed by atoms with E-state index in [1.807, 2.05) is 49.4 Å². The van der Waals surface area contributed by atoms with Crippen LogP contribution < -0.4 is 19.5 Å². The highest BCUT2D eigenvalue weighted by Crippen LogP contribution is 2.39. The van der Waals surface area contributed by atoms with Crippen LogP contribution >= 0.6 is 23.2 Å². The van der Waals surface area contributed by atoms with Gasteiger partial charge in [0.2, 0.25) is 0 Å². The van der Waals surface area contributed by atoms with Gasteiger partial charge in [0, 0.05) is 80.0 Å². The highest BCUT2D eigenvalue weighted by molar-refractivity contribution is 6.35. The van der Waals surface area contributed by atoms with Crippen LogP contribution in [0.3, 0.4) is 0 Å². The number of halogens is 2. The molecule has 1 atom stereocenters. The monoisotopic (exact) mass is 805 g/mol. The van der Waals surface area contributed by atoms with Crippen LogP contribution in [0.2, 0.25) is 10.0 Å². The number of rotatable bonds is 18. The maximum Gasteiger partial charge on any atom is 0.142 e. The molecular weight excluding hydrogens is 753 g/mol. The molecular formula is C43H53Cl2N5O6. The fourth-order valence-corrected chi connectivity index (χ4v) is 7.54. The van der Waals surface area contributed by atoms with Crippen LogP contribution in [0, 0.1) is 12.3 Å². The van der Waals surface area contributed by atoms with Crippen LogP contribution in [0.4, 0.5) is 0 Å². The van der Waals surface area contributed by atoms with Crippen LogP contribution in [0.1, 0.15) is 60.4 Å². The van der Waals surface area contributed by atoms with Crippen molar-refractivity contribution >= 4 is 29.0 Å². The van der Waals surface area contributed by atoms with Crippen molar-refractivity contribution in [1.29, 1.82) is 5.41 Å². The normalized spacial score (nSPS) is 16.1. The van der Waals surface area contributed by atoms with Gasteiger partial charge in [-0.05, 0) is 74.4 Å². The number of nitrogens with one attached hydrogen (secondary N) is 2. The summed E-state index contributed by atoms with van der Waals surface area (Å²) in [5.74, 6) is 2.04. The summed E-state index contributed by atoms with van der Waals surface area (Å²) in [4.78, 5) is 8.71. The minimum Gasteiger partial charge on any atom is -0.492 e. The number of aliphatic hydroxyl groups is 3. The van der Waals surface area contributed by atoms with Gasteiger partial charge in [0.15, 0.2) is 0 Å². The summed E-state index contributed by atoms with van der Waals surface area (Å²) in [5.41, 5.74) is 5.14. The molecule has 6 rings (SSSR count). The lowest BCUT2D eigenvalue weighted by atomic mass is 9.96. The Morgan fingerprint density at radius 2 is 1.66 bits per heavy atom. The lowest BCUT2D eigenvalue weighted by Crippen LogP contribution is -2.48. The van der Waals surface area contributed by atoms with E-state index in [-0.39, 0.29) is 39.1 Å². The zero-order valence-corrected chi connectivity index (χ0v) is 33.7. The van der Waals surface area contributed by atoms with Crippen molar-refractivity contribution in [2.24, 2.45) is 0 Å². The summed E-state index contributed by atoms with van der Waals surface area (Å²) in [6, 6.07) is 17.3. The molecule has 0 bridgehead atoms. The largest absolute Gasteiger partial charge is 0.492 e. The average molecular weight is 807 g/mol. The summed E-state index contributed by atoms with van der Waals surface area (Å²) in [6.45, 7) is 8.70. The fourth-order valence-electron chi connectivity index (χ4n) is 7.01. The molecule has 0 radical (unpaired) electrons. The molecule has 3 aromatic carbocycles. The number of hydrogen-bond acceptors (Lipinski definition) is 10. The Morgan fingerprint density at radius 1 is 0.911 bits per heavy atom. The Morgan fingerprint density at radius 3 is 2.41 bits per heavy atom. The molecule has 1 unspecified atom stereocenters. The van der Waals surface area contributed by atoms with E-state index in [0.29, 0.717) is 45.3 Å². The van der Waals surface area contributed by atoms with Gasteiger partial charge in [-0.25, -0.2) is 0 Å². The first kappa shape index (κ1) is 41.7. The van der Waals surface area contributed by atoms with Crippen LogP contribution in [-0.4, -0.2) is 100 Å².